The largest absolute Gasteiger partial charge is 0.497 e. The van der Waals surface area contributed by atoms with Crippen LogP contribution in [-0.2, 0) is 0 Å². The second-order valence-corrected chi connectivity index (χ2v) is 7.60. The van der Waals surface area contributed by atoms with Crippen molar-refractivity contribution in [2.75, 3.05) is 7.11 Å². The number of hydrogen-bond donors (Lipinski definition) is 2. The first-order valence-corrected chi connectivity index (χ1v) is 10.3. The van der Waals surface area contributed by atoms with Gasteiger partial charge in [0.05, 0.1) is 35.6 Å². The molecular weight excluding hydrogens is 419 g/mol. The molecule has 0 atom stereocenters. The number of imidazole rings is 1. The van der Waals surface area contributed by atoms with Gasteiger partial charge >= 0.3 is 0 Å². The Balaban J connectivity index is 1.50. The van der Waals surface area contributed by atoms with E-state index in [1.807, 2.05) is 36.4 Å². The topological polar surface area (TPSA) is 92.4 Å². The SMILES string of the molecule is COc1cc(F)cc(-c2cccc3[nH]c(-c4n[nH]c5cnc(-c6cccnc6)cc45)nc23)c1. The van der Waals surface area contributed by atoms with Gasteiger partial charge in [0.1, 0.15) is 17.3 Å². The van der Waals surface area contributed by atoms with E-state index in [9.17, 15) is 4.39 Å². The summed E-state index contributed by atoms with van der Waals surface area (Å²) in [5, 5.41) is 8.40. The van der Waals surface area contributed by atoms with Crippen molar-refractivity contribution in [3.63, 3.8) is 0 Å². The molecule has 0 bridgehead atoms. The Morgan fingerprint density at radius 3 is 2.73 bits per heavy atom. The van der Waals surface area contributed by atoms with E-state index in [4.69, 9.17) is 9.72 Å². The molecule has 0 saturated carbocycles. The average Bonchev–Trinajstić information content (AvgIpc) is 3.47. The fourth-order valence-electron chi connectivity index (χ4n) is 3.98. The molecule has 2 N–H and O–H groups in total. The first-order chi connectivity index (χ1) is 16.2. The number of nitrogens with one attached hydrogen (secondary N) is 2. The zero-order chi connectivity index (χ0) is 22.4. The molecule has 0 aliphatic rings. The molecule has 4 aromatic heterocycles. The van der Waals surface area contributed by atoms with E-state index in [1.54, 1.807) is 24.7 Å². The third kappa shape index (κ3) is 3.28. The minimum absolute atomic E-state index is 0.370. The normalized spacial score (nSPS) is 11.3. The molecule has 0 spiro atoms. The number of H-pyrrole nitrogens is 2. The monoisotopic (exact) mass is 436 g/mol. The number of methoxy groups -OCH3 is 1. The summed E-state index contributed by atoms with van der Waals surface area (Å²) in [6.07, 6.45) is 5.25. The minimum atomic E-state index is -0.370. The van der Waals surface area contributed by atoms with Crippen molar-refractivity contribution < 1.29 is 9.13 Å². The summed E-state index contributed by atoms with van der Waals surface area (Å²) < 4.78 is 19.4. The number of nitrogens with zero attached hydrogens (tertiary/aromatic N) is 4. The van der Waals surface area contributed by atoms with Crippen molar-refractivity contribution in [2.24, 2.45) is 0 Å². The Hall–Kier alpha value is -4.59. The first kappa shape index (κ1) is 19.1. The number of aromatic nitrogens is 6. The van der Waals surface area contributed by atoms with E-state index in [1.165, 1.54) is 19.2 Å². The lowest BCUT2D eigenvalue weighted by atomic mass is 10.0. The van der Waals surface area contributed by atoms with Gasteiger partial charge < -0.3 is 9.72 Å². The van der Waals surface area contributed by atoms with Crippen LogP contribution in [0.5, 0.6) is 5.75 Å². The molecule has 6 rings (SSSR count). The number of ether oxygens (including phenoxy) is 1. The van der Waals surface area contributed by atoms with Crippen molar-refractivity contribution in [1.29, 1.82) is 0 Å². The summed E-state index contributed by atoms with van der Waals surface area (Å²) in [6, 6.07) is 16.2. The van der Waals surface area contributed by atoms with Gasteiger partial charge in [-0.15, -0.1) is 0 Å². The van der Waals surface area contributed by atoms with Crippen LogP contribution >= 0.6 is 0 Å². The number of rotatable bonds is 4. The maximum atomic E-state index is 14.1. The minimum Gasteiger partial charge on any atom is -0.497 e. The molecular formula is C25H17FN6O. The van der Waals surface area contributed by atoms with Crippen LogP contribution < -0.4 is 4.74 Å². The van der Waals surface area contributed by atoms with Gasteiger partial charge in [-0.1, -0.05) is 12.1 Å². The Kier molecular flexibility index (Phi) is 4.36. The lowest BCUT2D eigenvalue weighted by Gasteiger charge is -2.06. The van der Waals surface area contributed by atoms with E-state index >= 15 is 0 Å². The van der Waals surface area contributed by atoms with Crippen molar-refractivity contribution in [1.82, 2.24) is 30.1 Å². The van der Waals surface area contributed by atoms with Crippen molar-refractivity contribution in [3.8, 4) is 39.7 Å². The maximum Gasteiger partial charge on any atom is 0.159 e. The molecule has 160 valence electrons. The molecule has 8 heteroatoms. The van der Waals surface area contributed by atoms with Crippen LogP contribution in [0.2, 0.25) is 0 Å². The Labute approximate surface area is 187 Å². The zero-order valence-electron chi connectivity index (χ0n) is 17.5. The predicted octanol–water partition coefficient (Wildman–Crippen LogP) is 5.38. The van der Waals surface area contributed by atoms with E-state index in [2.05, 4.69) is 25.1 Å². The highest BCUT2D eigenvalue weighted by Crippen LogP contribution is 2.34. The van der Waals surface area contributed by atoms with Crippen molar-refractivity contribution in [2.45, 2.75) is 0 Å². The molecule has 0 radical (unpaired) electrons. The molecule has 0 aliphatic carbocycles. The molecule has 0 aliphatic heterocycles. The van der Waals surface area contributed by atoms with Crippen molar-refractivity contribution in [3.05, 3.63) is 79.0 Å². The zero-order valence-corrected chi connectivity index (χ0v) is 17.5. The number of halogens is 1. The Morgan fingerprint density at radius 2 is 1.88 bits per heavy atom. The van der Waals surface area contributed by atoms with Crippen LogP contribution in [0.15, 0.2) is 73.2 Å². The van der Waals surface area contributed by atoms with Crippen LogP contribution in [-0.4, -0.2) is 37.2 Å². The van der Waals surface area contributed by atoms with Crippen LogP contribution in [0, 0.1) is 5.82 Å². The number of para-hydroxylation sites is 1. The molecule has 2 aromatic carbocycles. The van der Waals surface area contributed by atoms with Crippen LogP contribution in [0.1, 0.15) is 0 Å². The number of benzene rings is 2. The molecule has 33 heavy (non-hydrogen) atoms. The summed E-state index contributed by atoms with van der Waals surface area (Å²) in [5.41, 5.74) is 6.21. The molecule has 0 unspecified atom stereocenters. The highest BCUT2D eigenvalue weighted by Gasteiger charge is 2.17. The molecule has 6 aromatic rings. The summed E-state index contributed by atoms with van der Waals surface area (Å²) in [5.74, 6) is 0.688. The Bertz CT molecular complexity index is 1620. The van der Waals surface area contributed by atoms with Gasteiger partial charge in [-0.2, -0.15) is 5.10 Å². The summed E-state index contributed by atoms with van der Waals surface area (Å²) >= 11 is 0. The van der Waals surface area contributed by atoms with Gasteiger partial charge in [-0.3, -0.25) is 15.1 Å². The smallest absolute Gasteiger partial charge is 0.159 e. The molecule has 7 nitrogen and oxygen atoms in total. The molecule has 0 fully saturated rings. The van der Waals surface area contributed by atoms with E-state index < -0.39 is 0 Å². The third-order valence-corrected chi connectivity index (χ3v) is 5.56. The number of fused-ring (bicyclic) bond motifs is 2. The van der Waals surface area contributed by atoms with Crippen molar-refractivity contribution >= 4 is 21.9 Å². The highest BCUT2D eigenvalue weighted by molar-refractivity contribution is 5.97. The second-order valence-electron chi connectivity index (χ2n) is 7.60. The van der Waals surface area contributed by atoms with Gasteiger partial charge in [0.25, 0.3) is 0 Å². The standard InChI is InChI=1S/C25H17FN6O/c1-33-17-9-15(8-16(26)10-17)18-5-2-6-20-23(18)30-25(29-20)24-19-11-21(14-4-3-7-27-12-14)28-13-22(19)31-32-24/h2-13H,1H3,(H,29,30)(H,31,32). The van der Waals surface area contributed by atoms with Gasteiger partial charge in [0.15, 0.2) is 5.82 Å². The van der Waals surface area contributed by atoms with Gasteiger partial charge in [-0.25, -0.2) is 9.37 Å². The lowest BCUT2D eigenvalue weighted by Crippen LogP contribution is -1.88. The lowest BCUT2D eigenvalue weighted by molar-refractivity contribution is 0.411. The third-order valence-electron chi connectivity index (χ3n) is 5.56. The van der Waals surface area contributed by atoms with Gasteiger partial charge in [0.2, 0.25) is 0 Å². The Morgan fingerprint density at radius 1 is 0.939 bits per heavy atom. The van der Waals surface area contributed by atoms with Crippen LogP contribution in [0.4, 0.5) is 4.39 Å². The van der Waals surface area contributed by atoms with Gasteiger partial charge in [-0.05, 0) is 42.0 Å². The fraction of sp³-hybridized carbons (Fsp3) is 0.0400. The number of hydrogen-bond acceptors (Lipinski definition) is 5. The second kappa shape index (κ2) is 7.52. The first-order valence-electron chi connectivity index (χ1n) is 10.3. The van der Waals surface area contributed by atoms with Crippen LogP contribution in [0.25, 0.3) is 55.8 Å². The number of aromatic amines is 2. The maximum absolute atomic E-state index is 14.1. The summed E-state index contributed by atoms with van der Waals surface area (Å²) in [6.45, 7) is 0. The van der Waals surface area contributed by atoms with E-state index in [-0.39, 0.29) is 5.82 Å². The molecule has 0 saturated heterocycles. The number of pyridine rings is 2. The fourth-order valence-corrected chi connectivity index (χ4v) is 3.98. The highest BCUT2D eigenvalue weighted by atomic mass is 19.1. The predicted molar refractivity (Wildman–Crippen MR) is 124 cm³/mol. The van der Waals surface area contributed by atoms with Gasteiger partial charge in [0, 0.05) is 35.0 Å². The molecule has 0 amide bonds. The quantitative estimate of drug-likeness (QED) is 0.387. The summed E-state index contributed by atoms with van der Waals surface area (Å²) in [4.78, 5) is 16.9. The van der Waals surface area contributed by atoms with E-state index in [0.717, 1.165) is 38.8 Å². The van der Waals surface area contributed by atoms with E-state index in [0.29, 0.717) is 22.8 Å². The average molecular weight is 436 g/mol. The summed E-state index contributed by atoms with van der Waals surface area (Å²) in [7, 11) is 1.52. The molecule has 4 heterocycles. The van der Waals surface area contributed by atoms with Crippen LogP contribution in [0.3, 0.4) is 0 Å².